The molecule has 0 unspecified atom stereocenters. The number of carbonyl (C=O) groups excluding carboxylic acids is 2. The highest BCUT2D eigenvalue weighted by molar-refractivity contribution is 5.82. The monoisotopic (exact) mass is 270 g/mol. The maximum Gasteiger partial charge on any atom is 0.225 e. The van der Waals surface area contributed by atoms with Gasteiger partial charge in [-0.25, -0.2) is 0 Å². The van der Waals surface area contributed by atoms with Crippen molar-refractivity contribution in [2.45, 2.75) is 46.5 Å². The van der Waals surface area contributed by atoms with E-state index in [2.05, 4.69) is 10.6 Å². The van der Waals surface area contributed by atoms with Crippen LogP contribution in [0.2, 0.25) is 0 Å². The molecule has 5 nitrogen and oxygen atoms in total. The molecule has 0 heterocycles. The molecule has 1 saturated carbocycles. The van der Waals surface area contributed by atoms with Crippen LogP contribution in [0.4, 0.5) is 0 Å². The molecule has 2 amide bonds. The van der Waals surface area contributed by atoms with E-state index in [0.29, 0.717) is 19.5 Å². The van der Waals surface area contributed by atoms with E-state index in [0.717, 1.165) is 19.3 Å². The Morgan fingerprint density at radius 1 is 1.21 bits per heavy atom. The van der Waals surface area contributed by atoms with Crippen LogP contribution < -0.4 is 10.6 Å². The Balaban J connectivity index is 2.14. The van der Waals surface area contributed by atoms with Crippen LogP contribution in [0.25, 0.3) is 0 Å². The van der Waals surface area contributed by atoms with Crippen molar-refractivity contribution in [1.82, 2.24) is 10.6 Å². The molecule has 1 aliphatic rings. The van der Waals surface area contributed by atoms with E-state index in [4.69, 9.17) is 5.11 Å². The normalized spacial score (nSPS) is 16.8. The van der Waals surface area contributed by atoms with Crippen molar-refractivity contribution in [3.8, 4) is 0 Å². The van der Waals surface area contributed by atoms with Crippen LogP contribution in [-0.2, 0) is 9.59 Å². The Kier molecular flexibility index (Phi) is 5.35. The van der Waals surface area contributed by atoms with Crippen molar-refractivity contribution >= 4 is 11.8 Å². The standard InChI is InChI=1S/C14H26N2O3/c1-13(2,3)12(19)15-8-4-11(18)16-10-14(5-6-14)7-9-17/h17H,4-10H2,1-3H3,(H,15,19)(H,16,18). The van der Waals surface area contributed by atoms with Gasteiger partial charge in [0.25, 0.3) is 0 Å². The molecular weight excluding hydrogens is 244 g/mol. The van der Waals surface area contributed by atoms with Crippen LogP contribution in [0.1, 0.15) is 46.5 Å². The van der Waals surface area contributed by atoms with Crippen LogP contribution >= 0.6 is 0 Å². The van der Waals surface area contributed by atoms with Crippen LogP contribution in [0.15, 0.2) is 0 Å². The highest BCUT2D eigenvalue weighted by Crippen LogP contribution is 2.47. The van der Waals surface area contributed by atoms with Crippen molar-refractivity contribution in [1.29, 1.82) is 0 Å². The molecule has 0 bridgehead atoms. The molecule has 0 aromatic rings. The quantitative estimate of drug-likeness (QED) is 0.641. The van der Waals surface area contributed by atoms with Gasteiger partial charge in [-0.2, -0.15) is 0 Å². The summed E-state index contributed by atoms with van der Waals surface area (Å²) in [5, 5.41) is 14.6. The first-order valence-corrected chi connectivity index (χ1v) is 6.95. The van der Waals surface area contributed by atoms with Crippen molar-refractivity contribution in [3.63, 3.8) is 0 Å². The Morgan fingerprint density at radius 2 is 1.84 bits per heavy atom. The zero-order chi connectivity index (χ0) is 14.5. The maximum absolute atomic E-state index is 11.6. The van der Waals surface area contributed by atoms with Gasteiger partial charge in [-0.05, 0) is 24.7 Å². The first-order valence-electron chi connectivity index (χ1n) is 6.95. The predicted octanol–water partition coefficient (Wildman–Crippen LogP) is 0.818. The lowest BCUT2D eigenvalue weighted by Crippen LogP contribution is -2.38. The minimum Gasteiger partial charge on any atom is -0.396 e. The summed E-state index contributed by atoms with van der Waals surface area (Å²) in [7, 11) is 0. The third kappa shape index (κ3) is 5.59. The molecule has 0 aliphatic heterocycles. The number of aliphatic hydroxyl groups is 1. The van der Waals surface area contributed by atoms with Crippen molar-refractivity contribution in [2.24, 2.45) is 10.8 Å². The molecule has 1 rings (SSSR count). The summed E-state index contributed by atoms with van der Waals surface area (Å²) >= 11 is 0. The number of hydrogen-bond donors (Lipinski definition) is 3. The van der Waals surface area contributed by atoms with E-state index in [1.54, 1.807) is 0 Å². The molecule has 110 valence electrons. The van der Waals surface area contributed by atoms with Gasteiger partial charge < -0.3 is 15.7 Å². The molecule has 5 heteroatoms. The van der Waals surface area contributed by atoms with E-state index in [1.807, 2.05) is 20.8 Å². The van der Waals surface area contributed by atoms with E-state index in [-0.39, 0.29) is 23.8 Å². The number of rotatable bonds is 7. The Labute approximate surface area is 115 Å². The van der Waals surface area contributed by atoms with Gasteiger partial charge >= 0.3 is 0 Å². The predicted molar refractivity (Wildman–Crippen MR) is 73.5 cm³/mol. The van der Waals surface area contributed by atoms with E-state index in [9.17, 15) is 9.59 Å². The molecule has 1 aliphatic carbocycles. The number of nitrogens with one attached hydrogen (secondary N) is 2. The van der Waals surface area contributed by atoms with Gasteiger partial charge in [0.1, 0.15) is 0 Å². The summed E-state index contributed by atoms with van der Waals surface area (Å²) in [6, 6.07) is 0. The van der Waals surface area contributed by atoms with Crippen LogP contribution in [0.5, 0.6) is 0 Å². The number of amides is 2. The summed E-state index contributed by atoms with van der Waals surface area (Å²) in [5.41, 5.74) is -0.283. The highest BCUT2D eigenvalue weighted by atomic mass is 16.3. The molecule has 0 aromatic carbocycles. The van der Waals surface area contributed by atoms with E-state index in [1.165, 1.54) is 0 Å². The van der Waals surface area contributed by atoms with Crippen LogP contribution in [-0.4, -0.2) is 36.6 Å². The molecule has 19 heavy (non-hydrogen) atoms. The summed E-state index contributed by atoms with van der Waals surface area (Å²) in [6.45, 7) is 6.71. The SMILES string of the molecule is CC(C)(C)C(=O)NCCC(=O)NCC1(CCO)CC1. The fraction of sp³-hybridized carbons (Fsp3) is 0.857. The Hall–Kier alpha value is -1.10. The molecule has 0 aromatic heterocycles. The second kappa shape index (κ2) is 6.37. The lowest BCUT2D eigenvalue weighted by molar-refractivity contribution is -0.128. The molecule has 3 N–H and O–H groups in total. The summed E-state index contributed by atoms with van der Waals surface area (Å²) in [5.74, 6) is -0.0855. The van der Waals surface area contributed by atoms with Crippen LogP contribution in [0, 0.1) is 10.8 Å². The molecule has 0 radical (unpaired) electrons. The molecule has 0 atom stereocenters. The fourth-order valence-electron chi connectivity index (χ4n) is 1.86. The fourth-order valence-corrected chi connectivity index (χ4v) is 1.86. The number of carbonyl (C=O) groups is 2. The first-order chi connectivity index (χ1) is 8.79. The minimum absolute atomic E-state index is 0.0424. The largest absolute Gasteiger partial charge is 0.396 e. The smallest absolute Gasteiger partial charge is 0.225 e. The van der Waals surface area contributed by atoms with Crippen molar-refractivity contribution in [3.05, 3.63) is 0 Å². The van der Waals surface area contributed by atoms with Gasteiger partial charge in [0, 0.05) is 31.5 Å². The zero-order valence-electron chi connectivity index (χ0n) is 12.2. The molecule has 0 spiro atoms. The average Bonchev–Trinajstić information content (AvgIpc) is 3.06. The van der Waals surface area contributed by atoms with E-state index < -0.39 is 5.41 Å². The molecular formula is C14H26N2O3. The summed E-state index contributed by atoms with van der Waals surface area (Å²) in [6.07, 6.45) is 3.22. The van der Waals surface area contributed by atoms with Gasteiger partial charge in [-0.15, -0.1) is 0 Å². The van der Waals surface area contributed by atoms with Crippen LogP contribution in [0.3, 0.4) is 0 Å². The third-order valence-electron chi connectivity index (χ3n) is 3.58. The summed E-state index contributed by atoms with van der Waals surface area (Å²) in [4.78, 5) is 23.2. The molecule has 0 saturated heterocycles. The van der Waals surface area contributed by atoms with Gasteiger partial charge in [-0.3, -0.25) is 9.59 Å². The van der Waals surface area contributed by atoms with Gasteiger partial charge in [0.2, 0.25) is 11.8 Å². The number of aliphatic hydroxyl groups excluding tert-OH is 1. The zero-order valence-corrected chi connectivity index (χ0v) is 12.2. The van der Waals surface area contributed by atoms with Crippen molar-refractivity contribution in [2.75, 3.05) is 19.7 Å². The van der Waals surface area contributed by atoms with Gasteiger partial charge in [0.15, 0.2) is 0 Å². The third-order valence-corrected chi connectivity index (χ3v) is 3.58. The lowest BCUT2D eigenvalue weighted by Gasteiger charge is -2.18. The second-order valence-electron chi connectivity index (χ2n) is 6.51. The topological polar surface area (TPSA) is 78.4 Å². The van der Waals surface area contributed by atoms with E-state index >= 15 is 0 Å². The Morgan fingerprint density at radius 3 is 2.32 bits per heavy atom. The van der Waals surface area contributed by atoms with Gasteiger partial charge in [-0.1, -0.05) is 20.8 Å². The number of hydrogen-bond acceptors (Lipinski definition) is 3. The maximum atomic E-state index is 11.6. The Bertz CT molecular complexity index is 330. The lowest BCUT2D eigenvalue weighted by atomic mass is 9.96. The molecule has 1 fully saturated rings. The minimum atomic E-state index is -0.421. The average molecular weight is 270 g/mol. The first kappa shape index (κ1) is 16.0. The highest BCUT2D eigenvalue weighted by Gasteiger charge is 2.41. The van der Waals surface area contributed by atoms with Gasteiger partial charge in [0.05, 0.1) is 0 Å². The second-order valence-corrected chi connectivity index (χ2v) is 6.51. The summed E-state index contributed by atoms with van der Waals surface area (Å²) < 4.78 is 0. The van der Waals surface area contributed by atoms with Crippen molar-refractivity contribution < 1.29 is 14.7 Å².